The van der Waals surface area contributed by atoms with Gasteiger partial charge >= 0.3 is 6.18 Å². The first-order chi connectivity index (χ1) is 9.57. The Labute approximate surface area is 116 Å². The number of rotatable bonds is 5. The molecule has 0 spiro atoms. The molecule has 0 aliphatic carbocycles. The smallest absolute Gasteiger partial charge is 0.379 e. The summed E-state index contributed by atoms with van der Waals surface area (Å²) in [4.78, 5) is 2.24. The molecule has 1 aliphatic rings. The molecular weight excluding hydrogens is 269 g/mol. The van der Waals surface area contributed by atoms with Crippen LogP contribution in [0, 0.1) is 0 Å². The zero-order valence-electron chi connectivity index (χ0n) is 11.2. The van der Waals surface area contributed by atoms with Crippen LogP contribution in [-0.2, 0) is 17.5 Å². The van der Waals surface area contributed by atoms with E-state index in [4.69, 9.17) is 4.74 Å². The molecule has 0 radical (unpaired) electrons. The largest absolute Gasteiger partial charge is 0.416 e. The van der Waals surface area contributed by atoms with Crippen LogP contribution in [0.1, 0.15) is 11.1 Å². The number of hydrogen-bond donors (Lipinski definition) is 1. The van der Waals surface area contributed by atoms with Gasteiger partial charge in [0, 0.05) is 32.7 Å². The number of ether oxygens (including phenoxy) is 1. The minimum atomic E-state index is -4.29. The topological polar surface area (TPSA) is 24.5 Å². The van der Waals surface area contributed by atoms with E-state index in [2.05, 4.69) is 10.2 Å². The summed E-state index contributed by atoms with van der Waals surface area (Å²) in [6.07, 6.45) is -4.29. The summed E-state index contributed by atoms with van der Waals surface area (Å²) in [5.41, 5.74) is -0.263. The predicted octanol–water partition coefficient (Wildman–Crippen LogP) is 2.13. The molecule has 0 amide bonds. The third-order valence-corrected chi connectivity index (χ3v) is 3.35. The van der Waals surface area contributed by atoms with E-state index in [1.807, 2.05) is 0 Å². The maximum Gasteiger partial charge on any atom is 0.416 e. The van der Waals surface area contributed by atoms with Gasteiger partial charge in [-0.25, -0.2) is 0 Å². The van der Waals surface area contributed by atoms with Crippen LogP contribution in [0.3, 0.4) is 0 Å². The minimum absolute atomic E-state index is 0.236. The lowest BCUT2D eigenvalue weighted by atomic mass is 10.1. The molecule has 1 saturated heterocycles. The second-order valence-electron chi connectivity index (χ2n) is 4.79. The number of halogens is 3. The summed E-state index contributed by atoms with van der Waals surface area (Å²) >= 11 is 0. The molecule has 0 saturated carbocycles. The third-order valence-electron chi connectivity index (χ3n) is 3.35. The molecule has 1 N–H and O–H groups in total. The van der Waals surface area contributed by atoms with Crippen LogP contribution in [0.15, 0.2) is 24.3 Å². The zero-order valence-corrected chi connectivity index (χ0v) is 11.2. The second kappa shape index (κ2) is 7.06. The number of alkyl halides is 3. The Kier molecular flexibility index (Phi) is 5.39. The molecule has 1 aromatic carbocycles. The molecule has 1 fully saturated rings. The first-order valence-corrected chi connectivity index (χ1v) is 6.73. The Morgan fingerprint density at radius 2 is 1.85 bits per heavy atom. The highest BCUT2D eigenvalue weighted by molar-refractivity contribution is 5.29. The first-order valence-electron chi connectivity index (χ1n) is 6.73. The van der Waals surface area contributed by atoms with Gasteiger partial charge in [0.15, 0.2) is 0 Å². The number of morpholine rings is 1. The molecular formula is C14H19F3N2O. The van der Waals surface area contributed by atoms with E-state index in [0.29, 0.717) is 12.1 Å². The van der Waals surface area contributed by atoms with E-state index in [0.717, 1.165) is 38.9 Å². The lowest BCUT2D eigenvalue weighted by molar-refractivity contribution is -0.138. The first kappa shape index (κ1) is 15.3. The van der Waals surface area contributed by atoms with Crippen LogP contribution in [-0.4, -0.2) is 44.3 Å². The van der Waals surface area contributed by atoms with Crippen molar-refractivity contribution in [1.82, 2.24) is 10.2 Å². The number of nitrogens with zero attached hydrogens (tertiary/aromatic N) is 1. The predicted molar refractivity (Wildman–Crippen MR) is 70.4 cm³/mol. The van der Waals surface area contributed by atoms with E-state index in [-0.39, 0.29) is 6.54 Å². The van der Waals surface area contributed by atoms with Crippen LogP contribution < -0.4 is 5.32 Å². The van der Waals surface area contributed by atoms with Gasteiger partial charge in [0.1, 0.15) is 0 Å². The Morgan fingerprint density at radius 1 is 1.15 bits per heavy atom. The maximum atomic E-state index is 12.8. The van der Waals surface area contributed by atoms with Crippen LogP contribution in [0.5, 0.6) is 0 Å². The Bertz CT molecular complexity index is 417. The lowest BCUT2D eigenvalue weighted by Gasteiger charge is -2.26. The van der Waals surface area contributed by atoms with Crippen molar-refractivity contribution in [2.24, 2.45) is 0 Å². The monoisotopic (exact) mass is 288 g/mol. The summed E-state index contributed by atoms with van der Waals surface area (Å²) in [5.74, 6) is 0. The van der Waals surface area contributed by atoms with Crippen molar-refractivity contribution in [3.63, 3.8) is 0 Å². The van der Waals surface area contributed by atoms with Crippen molar-refractivity contribution in [1.29, 1.82) is 0 Å². The lowest BCUT2D eigenvalue weighted by Crippen LogP contribution is -2.40. The van der Waals surface area contributed by atoms with Gasteiger partial charge in [-0.1, -0.05) is 18.2 Å². The summed E-state index contributed by atoms with van der Waals surface area (Å²) in [6.45, 7) is 4.99. The Balaban J connectivity index is 1.79. The highest BCUT2D eigenvalue weighted by Gasteiger charge is 2.32. The molecule has 0 aromatic heterocycles. The Morgan fingerprint density at radius 3 is 2.55 bits per heavy atom. The Hall–Kier alpha value is -1.11. The van der Waals surface area contributed by atoms with Gasteiger partial charge < -0.3 is 10.1 Å². The average molecular weight is 288 g/mol. The SMILES string of the molecule is FC(F)(F)c1ccccc1CNCCN1CCOCC1. The summed E-state index contributed by atoms with van der Waals surface area (Å²) < 4.78 is 43.6. The molecule has 0 atom stereocenters. The van der Waals surface area contributed by atoms with E-state index < -0.39 is 11.7 Å². The van der Waals surface area contributed by atoms with Crippen molar-refractivity contribution in [2.45, 2.75) is 12.7 Å². The quantitative estimate of drug-likeness (QED) is 0.840. The summed E-state index contributed by atoms with van der Waals surface area (Å²) in [7, 11) is 0. The van der Waals surface area contributed by atoms with Crippen LogP contribution in [0.4, 0.5) is 13.2 Å². The van der Waals surface area contributed by atoms with Gasteiger partial charge in [-0.05, 0) is 11.6 Å². The van der Waals surface area contributed by atoms with E-state index in [9.17, 15) is 13.2 Å². The van der Waals surface area contributed by atoms with Crippen molar-refractivity contribution in [3.05, 3.63) is 35.4 Å². The fourth-order valence-electron chi connectivity index (χ4n) is 2.24. The number of nitrogens with one attached hydrogen (secondary N) is 1. The van der Waals surface area contributed by atoms with Gasteiger partial charge in [-0.2, -0.15) is 13.2 Å². The standard InChI is InChI=1S/C14H19F3N2O/c15-14(16,17)13-4-2-1-3-12(13)11-18-5-6-19-7-9-20-10-8-19/h1-4,18H,5-11H2. The maximum absolute atomic E-state index is 12.8. The fraction of sp³-hybridized carbons (Fsp3) is 0.571. The van der Waals surface area contributed by atoms with E-state index in [1.54, 1.807) is 6.07 Å². The van der Waals surface area contributed by atoms with Gasteiger partial charge in [0.05, 0.1) is 18.8 Å². The van der Waals surface area contributed by atoms with Crippen LogP contribution in [0.25, 0.3) is 0 Å². The van der Waals surface area contributed by atoms with Crippen molar-refractivity contribution >= 4 is 0 Å². The van der Waals surface area contributed by atoms with Gasteiger partial charge in [-0.3, -0.25) is 4.90 Å². The normalized spacial score (nSPS) is 17.4. The molecule has 1 aliphatic heterocycles. The second-order valence-corrected chi connectivity index (χ2v) is 4.79. The fourth-order valence-corrected chi connectivity index (χ4v) is 2.24. The zero-order chi connectivity index (χ0) is 14.4. The molecule has 2 rings (SSSR count). The molecule has 0 bridgehead atoms. The average Bonchev–Trinajstić information content (AvgIpc) is 2.44. The van der Waals surface area contributed by atoms with Crippen LogP contribution in [0.2, 0.25) is 0 Å². The van der Waals surface area contributed by atoms with Crippen molar-refractivity contribution in [3.8, 4) is 0 Å². The van der Waals surface area contributed by atoms with Crippen LogP contribution >= 0.6 is 0 Å². The summed E-state index contributed by atoms with van der Waals surface area (Å²) in [5, 5.41) is 3.08. The molecule has 20 heavy (non-hydrogen) atoms. The van der Waals surface area contributed by atoms with Gasteiger partial charge in [0.2, 0.25) is 0 Å². The highest BCUT2D eigenvalue weighted by Crippen LogP contribution is 2.31. The molecule has 1 heterocycles. The minimum Gasteiger partial charge on any atom is -0.379 e. The van der Waals surface area contributed by atoms with Crippen molar-refractivity contribution in [2.75, 3.05) is 39.4 Å². The van der Waals surface area contributed by atoms with Gasteiger partial charge in [-0.15, -0.1) is 0 Å². The van der Waals surface area contributed by atoms with Gasteiger partial charge in [0.25, 0.3) is 0 Å². The molecule has 0 unspecified atom stereocenters. The molecule has 1 aromatic rings. The number of hydrogen-bond acceptors (Lipinski definition) is 3. The van der Waals surface area contributed by atoms with E-state index >= 15 is 0 Å². The van der Waals surface area contributed by atoms with Crippen molar-refractivity contribution < 1.29 is 17.9 Å². The molecule has 6 heteroatoms. The summed E-state index contributed by atoms with van der Waals surface area (Å²) in [6, 6.07) is 5.69. The molecule has 3 nitrogen and oxygen atoms in total. The third kappa shape index (κ3) is 4.47. The van der Waals surface area contributed by atoms with E-state index in [1.165, 1.54) is 12.1 Å². The number of benzene rings is 1. The highest BCUT2D eigenvalue weighted by atomic mass is 19.4. The molecule has 112 valence electrons.